The summed E-state index contributed by atoms with van der Waals surface area (Å²) in [5.41, 5.74) is 7.06. The summed E-state index contributed by atoms with van der Waals surface area (Å²) < 4.78 is 11.0. The van der Waals surface area contributed by atoms with Crippen molar-refractivity contribution < 1.29 is 23.9 Å². The normalized spacial score (nSPS) is 12.7. The van der Waals surface area contributed by atoms with Crippen LogP contribution in [0.2, 0.25) is 0 Å². The first kappa shape index (κ1) is 27.8. The lowest BCUT2D eigenvalue weighted by Gasteiger charge is -2.20. The van der Waals surface area contributed by atoms with Crippen LogP contribution in [0.5, 0.6) is 0 Å². The molecule has 1 aliphatic carbocycles. The van der Waals surface area contributed by atoms with Crippen molar-refractivity contribution in [1.82, 2.24) is 15.6 Å². The minimum absolute atomic E-state index is 0.103. The summed E-state index contributed by atoms with van der Waals surface area (Å²) in [6.45, 7) is -0.109. The Kier molecular flexibility index (Phi) is 8.17. The fraction of sp³-hybridized carbons (Fsp3) is 0.171. The van der Waals surface area contributed by atoms with Gasteiger partial charge in [-0.25, -0.2) is 4.79 Å². The number of nitrogens with one attached hydrogen (secondary N) is 3. The van der Waals surface area contributed by atoms with E-state index in [1.807, 2.05) is 97.2 Å². The van der Waals surface area contributed by atoms with Crippen LogP contribution >= 0.6 is 0 Å². The number of para-hydroxylation sites is 1. The predicted molar refractivity (Wildman–Crippen MR) is 163 cm³/mol. The average molecular weight is 574 g/mol. The van der Waals surface area contributed by atoms with Gasteiger partial charge in [-0.1, -0.05) is 97.1 Å². The predicted octanol–water partition coefficient (Wildman–Crippen LogP) is 5.48. The highest BCUT2D eigenvalue weighted by Crippen LogP contribution is 2.44. The van der Waals surface area contributed by atoms with Crippen LogP contribution in [-0.4, -0.2) is 42.1 Å². The number of rotatable bonds is 10. The molecule has 0 aliphatic heterocycles. The summed E-state index contributed by atoms with van der Waals surface area (Å²) >= 11 is 0. The molecule has 0 saturated heterocycles. The van der Waals surface area contributed by atoms with Crippen LogP contribution in [0.25, 0.3) is 22.0 Å². The van der Waals surface area contributed by atoms with Crippen LogP contribution in [0.1, 0.15) is 28.2 Å². The number of hydrogen-bond donors (Lipinski definition) is 3. The van der Waals surface area contributed by atoms with Gasteiger partial charge in [-0.15, -0.1) is 0 Å². The number of fused-ring (bicyclic) bond motifs is 4. The second-order valence-electron chi connectivity index (χ2n) is 10.5. The maximum Gasteiger partial charge on any atom is 0.407 e. The van der Waals surface area contributed by atoms with Crippen LogP contribution in [0, 0.1) is 0 Å². The fourth-order valence-electron chi connectivity index (χ4n) is 5.58. The van der Waals surface area contributed by atoms with Gasteiger partial charge in [-0.05, 0) is 39.4 Å². The molecule has 0 radical (unpaired) electrons. The second kappa shape index (κ2) is 12.7. The number of hydrogen-bond acceptors (Lipinski definition) is 5. The van der Waals surface area contributed by atoms with Gasteiger partial charge in [-0.2, -0.15) is 0 Å². The Hall–Kier alpha value is -5.37. The van der Waals surface area contributed by atoms with E-state index in [1.165, 1.54) is 0 Å². The molecule has 3 N–H and O–H groups in total. The Morgan fingerprint density at radius 1 is 0.767 bits per heavy atom. The topological polar surface area (TPSA) is 110 Å². The molecule has 0 saturated carbocycles. The van der Waals surface area contributed by atoms with Gasteiger partial charge in [0.25, 0.3) is 0 Å². The third-order valence-electron chi connectivity index (χ3n) is 7.70. The van der Waals surface area contributed by atoms with Crippen molar-refractivity contribution in [2.75, 3.05) is 13.2 Å². The van der Waals surface area contributed by atoms with Gasteiger partial charge >= 0.3 is 12.1 Å². The maximum absolute atomic E-state index is 13.3. The summed E-state index contributed by atoms with van der Waals surface area (Å²) in [5, 5.41) is 6.29. The van der Waals surface area contributed by atoms with E-state index in [4.69, 9.17) is 9.47 Å². The molecule has 8 nitrogen and oxygen atoms in total. The summed E-state index contributed by atoms with van der Waals surface area (Å²) in [4.78, 5) is 42.0. The molecule has 0 unspecified atom stereocenters. The molecule has 43 heavy (non-hydrogen) atoms. The van der Waals surface area contributed by atoms with E-state index in [9.17, 15) is 14.4 Å². The number of alkyl carbamates (subject to hydrolysis) is 1. The number of carbonyl (C=O) groups excluding carboxylic acids is 3. The number of carbonyl (C=O) groups is 3. The molecule has 0 fully saturated rings. The van der Waals surface area contributed by atoms with Crippen LogP contribution < -0.4 is 10.6 Å². The summed E-state index contributed by atoms with van der Waals surface area (Å²) in [5.74, 6) is -1.21. The average Bonchev–Trinajstić information content (AvgIpc) is 3.60. The molecule has 0 bridgehead atoms. The quantitative estimate of drug-likeness (QED) is 0.192. The summed E-state index contributed by atoms with van der Waals surface area (Å²) in [6.07, 6.45) is 1.30. The Morgan fingerprint density at radius 2 is 1.42 bits per heavy atom. The monoisotopic (exact) mass is 573 g/mol. The zero-order valence-corrected chi connectivity index (χ0v) is 23.4. The van der Waals surface area contributed by atoms with Crippen molar-refractivity contribution in [2.45, 2.75) is 25.0 Å². The summed E-state index contributed by atoms with van der Waals surface area (Å²) in [7, 11) is 0. The van der Waals surface area contributed by atoms with Crippen LogP contribution in [0.15, 0.2) is 109 Å². The number of esters is 1. The van der Waals surface area contributed by atoms with Crippen molar-refractivity contribution in [3.8, 4) is 11.1 Å². The molecule has 6 rings (SSSR count). The van der Waals surface area contributed by atoms with Gasteiger partial charge in [-0.3, -0.25) is 9.59 Å². The van der Waals surface area contributed by atoms with Gasteiger partial charge in [0.05, 0.1) is 0 Å². The second-order valence-corrected chi connectivity index (χ2v) is 10.5. The van der Waals surface area contributed by atoms with Crippen molar-refractivity contribution in [2.24, 2.45) is 0 Å². The molecule has 0 spiro atoms. The van der Waals surface area contributed by atoms with Crippen molar-refractivity contribution in [3.05, 3.63) is 132 Å². The maximum atomic E-state index is 13.3. The Morgan fingerprint density at radius 3 is 2.16 bits per heavy atom. The van der Waals surface area contributed by atoms with E-state index < -0.39 is 24.0 Å². The molecule has 5 aromatic rings. The highest BCUT2D eigenvalue weighted by Gasteiger charge is 2.30. The molecule has 2 amide bonds. The van der Waals surface area contributed by atoms with Gasteiger partial charge < -0.3 is 25.1 Å². The number of H-pyrrole nitrogens is 1. The largest absolute Gasteiger partial charge is 0.460 e. The first-order valence-corrected chi connectivity index (χ1v) is 14.2. The highest BCUT2D eigenvalue weighted by atomic mass is 16.5. The molecule has 1 atom stereocenters. The number of amides is 2. The highest BCUT2D eigenvalue weighted by molar-refractivity contribution is 5.90. The molecular formula is C35H31N3O5. The van der Waals surface area contributed by atoms with Crippen LogP contribution in [0.3, 0.4) is 0 Å². The zero-order valence-electron chi connectivity index (χ0n) is 23.4. The van der Waals surface area contributed by atoms with E-state index in [-0.39, 0.29) is 32.1 Å². The van der Waals surface area contributed by atoms with E-state index in [0.717, 1.165) is 44.3 Å². The molecule has 1 aromatic heterocycles. The first-order chi connectivity index (χ1) is 21.1. The first-order valence-electron chi connectivity index (χ1n) is 14.2. The number of benzene rings is 4. The lowest BCUT2D eigenvalue weighted by atomic mass is 9.98. The van der Waals surface area contributed by atoms with Crippen LogP contribution in [-0.2, 0) is 32.1 Å². The minimum atomic E-state index is -0.989. The van der Waals surface area contributed by atoms with E-state index >= 15 is 0 Å². The fourth-order valence-corrected chi connectivity index (χ4v) is 5.58. The SMILES string of the molecule is O=C(CNC(=O)[C@H](Cc1c[nH]c2ccccc12)NC(=O)OCC1c2ccccc2-c2ccccc21)OCc1ccccc1. The Labute approximate surface area is 249 Å². The number of ether oxygens (including phenoxy) is 2. The van der Waals surface area contributed by atoms with E-state index in [1.54, 1.807) is 0 Å². The van der Waals surface area contributed by atoms with Gasteiger partial charge in [0.2, 0.25) is 5.91 Å². The lowest BCUT2D eigenvalue weighted by Crippen LogP contribution is -2.49. The molecule has 1 heterocycles. The van der Waals surface area contributed by atoms with E-state index in [2.05, 4.69) is 27.8 Å². The van der Waals surface area contributed by atoms with Crippen molar-refractivity contribution in [3.63, 3.8) is 0 Å². The summed E-state index contributed by atoms with van der Waals surface area (Å²) in [6, 6.07) is 32.2. The van der Waals surface area contributed by atoms with E-state index in [0.29, 0.717) is 0 Å². The van der Waals surface area contributed by atoms with Gasteiger partial charge in [0.1, 0.15) is 25.8 Å². The van der Waals surface area contributed by atoms with Crippen molar-refractivity contribution in [1.29, 1.82) is 0 Å². The standard InChI is InChI=1S/C35H31N3O5/c39-33(42-21-23-10-2-1-3-11-23)20-37-34(40)32(18-24-19-36-31-17-9-8-12-25(24)31)38-35(41)43-22-30-28-15-6-4-13-26(28)27-14-5-7-16-29(27)30/h1-17,19,30,32,36H,18,20-22H2,(H,37,40)(H,38,41)/t32-/m0/s1. The van der Waals surface area contributed by atoms with Crippen molar-refractivity contribution >= 4 is 28.9 Å². The molecule has 1 aliphatic rings. The Bertz CT molecular complexity index is 1720. The molecule has 4 aromatic carbocycles. The number of aromatic nitrogens is 1. The Balaban J connectivity index is 1.12. The minimum Gasteiger partial charge on any atom is -0.460 e. The third-order valence-corrected chi connectivity index (χ3v) is 7.70. The lowest BCUT2D eigenvalue weighted by molar-refractivity contribution is -0.145. The number of aromatic amines is 1. The molecule has 216 valence electrons. The molecule has 8 heteroatoms. The van der Waals surface area contributed by atoms with Crippen LogP contribution in [0.4, 0.5) is 4.79 Å². The van der Waals surface area contributed by atoms with Gasteiger partial charge in [0, 0.05) is 29.4 Å². The third kappa shape index (κ3) is 6.28. The van der Waals surface area contributed by atoms with Gasteiger partial charge in [0.15, 0.2) is 0 Å². The molecular weight excluding hydrogens is 542 g/mol. The zero-order chi connectivity index (χ0) is 29.6. The smallest absolute Gasteiger partial charge is 0.407 e.